The highest BCUT2D eigenvalue weighted by atomic mass is 31.0. The van der Waals surface area contributed by atoms with E-state index in [4.69, 9.17) is 0 Å². The summed E-state index contributed by atoms with van der Waals surface area (Å²) >= 11 is 0. The second-order valence-corrected chi connectivity index (χ2v) is 2.11. The fourth-order valence-corrected chi connectivity index (χ4v) is 0.675. The molecule has 1 aliphatic rings. The third-order valence-electron chi connectivity index (χ3n) is 0.850. The zero-order valence-electron chi connectivity index (χ0n) is 4.49. The van der Waals surface area contributed by atoms with Crippen LogP contribution in [0.5, 0.6) is 0 Å². The molecule has 42 valence electrons. The van der Waals surface area contributed by atoms with E-state index in [0.717, 1.165) is 0 Å². The molecule has 1 aliphatic heterocycles. The van der Waals surface area contributed by atoms with Crippen molar-refractivity contribution in [1.82, 2.24) is 4.67 Å². The Balaban J connectivity index is 2.66. The van der Waals surface area contributed by atoms with Gasteiger partial charge in [-0.3, -0.25) is 0 Å². The zero-order valence-corrected chi connectivity index (χ0v) is 5.64. The third kappa shape index (κ3) is 1.51. The van der Waals surface area contributed by atoms with E-state index in [9.17, 15) is 0 Å². The smallest absolute Gasteiger partial charge is 0.00672 e. The maximum absolute atomic E-state index is 2.56. The van der Waals surface area contributed by atoms with Crippen LogP contribution >= 0.6 is 9.39 Å². The first-order chi connectivity index (χ1) is 3.89. The van der Waals surface area contributed by atoms with Crippen molar-refractivity contribution in [1.29, 1.82) is 0 Å². The summed E-state index contributed by atoms with van der Waals surface area (Å²) in [5.74, 6) is 0. The molecular weight excluding hydrogens is 117 g/mol. The highest BCUT2D eigenvalue weighted by Crippen LogP contribution is 2.02. The number of nitrogens with zero attached hydrogens (tertiary/aromatic N) is 1. The van der Waals surface area contributed by atoms with E-state index in [0.29, 0.717) is 0 Å². The number of allylic oxidation sites excluding steroid dienone is 4. The Kier molecular flexibility index (Phi) is 1.87. The van der Waals surface area contributed by atoms with Crippen LogP contribution in [0.15, 0.2) is 36.7 Å². The molecule has 0 fully saturated rings. The molecule has 2 heteroatoms. The summed E-state index contributed by atoms with van der Waals surface area (Å²) in [7, 11) is 2.56. The van der Waals surface area contributed by atoms with E-state index in [2.05, 4.69) is 9.39 Å². The van der Waals surface area contributed by atoms with Crippen molar-refractivity contribution in [2.24, 2.45) is 0 Å². The van der Waals surface area contributed by atoms with Gasteiger partial charge in [0.25, 0.3) is 0 Å². The lowest BCUT2D eigenvalue weighted by Gasteiger charge is -2.01. The second kappa shape index (κ2) is 2.68. The van der Waals surface area contributed by atoms with Gasteiger partial charge in [-0.05, 0) is 21.5 Å². The first-order valence-electron chi connectivity index (χ1n) is 2.44. The molecular formula is C6H8NP. The number of hydrogen-bond acceptors (Lipinski definition) is 1. The second-order valence-electron chi connectivity index (χ2n) is 1.52. The van der Waals surface area contributed by atoms with Crippen molar-refractivity contribution in [2.75, 3.05) is 0 Å². The summed E-state index contributed by atoms with van der Waals surface area (Å²) in [5.41, 5.74) is 0. The lowest BCUT2D eigenvalue weighted by Crippen LogP contribution is -1.86. The highest BCUT2D eigenvalue weighted by molar-refractivity contribution is 7.13. The molecule has 0 saturated carbocycles. The molecule has 0 aromatic rings. The van der Waals surface area contributed by atoms with Gasteiger partial charge in [0.2, 0.25) is 0 Å². The largest absolute Gasteiger partial charge is 0.339 e. The molecule has 0 radical (unpaired) electrons. The molecule has 0 spiro atoms. The Labute approximate surface area is 51.6 Å². The van der Waals surface area contributed by atoms with Crippen LogP contribution in [0, 0.1) is 0 Å². The van der Waals surface area contributed by atoms with Crippen LogP contribution in [-0.2, 0) is 0 Å². The van der Waals surface area contributed by atoms with Gasteiger partial charge in [0.05, 0.1) is 0 Å². The van der Waals surface area contributed by atoms with Gasteiger partial charge in [-0.25, -0.2) is 0 Å². The van der Waals surface area contributed by atoms with Crippen LogP contribution in [0.25, 0.3) is 0 Å². The zero-order chi connectivity index (χ0) is 5.82. The summed E-state index contributed by atoms with van der Waals surface area (Å²) in [6, 6.07) is 0. The average Bonchev–Trinajstić information content (AvgIpc) is 1.94. The first-order valence-corrected chi connectivity index (χ1v) is 2.96. The third-order valence-corrected chi connectivity index (χ3v) is 1.19. The minimum absolute atomic E-state index is 1.92. The maximum atomic E-state index is 2.56. The molecule has 1 nitrogen and oxygen atoms in total. The molecule has 0 bridgehead atoms. The Bertz CT molecular complexity index is 131. The molecule has 1 unspecified atom stereocenters. The van der Waals surface area contributed by atoms with Crippen molar-refractivity contribution in [3.63, 3.8) is 0 Å². The lowest BCUT2D eigenvalue weighted by atomic mass is 10.5. The molecule has 0 amide bonds. The van der Waals surface area contributed by atoms with E-state index in [-0.39, 0.29) is 0 Å². The van der Waals surface area contributed by atoms with Crippen molar-refractivity contribution < 1.29 is 0 Å². The van der Waals surface area contributed by atoms with Gasteiger partial charge in [0, 0.05) is 12.4 Å². The molecule has 1 atom stereocenters. The normalized spacial score (nSPS) is 16.9. The lowest BCUT2D eigenvalue weighted by molar-refractivity contribution is 0.857. The predicted octanol–water partition coefficient (Wildman–Crippen LogP) is 1.68. The Morgan fingerprint density at radius 2 is 1.38 bits per heavy atom. The summed E-state index contributed by atoms with van der Waals surface area (Å²) in [6.07, 6.45) is 11.9. The number of hydrogen-bond donors (Lipinski definition) is 0. The molecule has 0 N–H and O–H groups in total. The van der Waals surface area contributed by atoms with Gasteiger partial charge in [-0.1, -0.05) is 12.2 Å². The average molecular weight is 125 g/mol. The van der Waals surface area contributed by atoms with Crippen LogP contribution in [0.4, 0.5) is 0 Å². The SMILES string of the molecule is PN1C=CC=CC=C1. The fourth-order valence-electron chi connectivity index (χ4n) is 0.476. The summed E-state index contributed by atoms with van der Waals surface area (Å²) in [6.45, 7) is 0. The van der Waals surface area contributed by atoms with Crippen LogP contribution < -0.4 is 0 Å². The van der Waals surface area contributed by atoms with Crippen LogP contribution in [0.1, 0.15) is 0 Å². The van der Waals surface area contributed by atoms with Crippen molar-refractivity contribution >= 4 is 9.39 Å². The summed E-state index contributed by atoms with van der Waals surface area (Å²) in [5, 5.41) is 0. The minimum Gasteiger partial charge on any atom is -0.339 e. The topological polar surface area (TPSA) is 3.24 Å². The quantitative estimate of drug-likeness (QED) is 0.445. The predicted molar refractivity (Wildman–Crippen MR) is 39.0 cm³/mol. The van der Waals surface area contributed by atoms with E-state index in [1.54, 1.807) is 0 Å². The number of rotatable bonds is 0. The minimum atomic E-state index is 1.92. The van der Waals surface area contributed by atoms with Gasteiger partial charge in [0.1, 0.15) is 0 Å². The Morgan fingerprint density at radius 3 is 1.88 bits per heavy atom. The Hall–Kier alpha value is -0.550. The molecule has 1 rings (SSSR count). The van der Waals surface area contributed by atoms with E-state index in [1.807, 2.05) is 41.4 Å². The molecule has 0 aromatic carbocycles. The van der Waals surface area contributed by atoms with Crippen molar-refractivity contribution in [3.8, 4) is 0 Å². The van der Waals surface area contributed by atoms with E-state index >= 15 is 0 Å². The van der Waals surface area contributed by atoms with Crippen LogP contribution in [-0.4, -0.2) is 4.67 Å². The van der Waals surface area contributed by atoms with Crippen molar-refractivity contribution in [2.45, 2.75) is 0 Å². The summed E-state index contributed by atoms with van der Waals surface area (Å²) in [4.78, 5) is 0. The van der Waals surface area contributed by atoms with E-state index in [1.165, 1.54) is 0 Å². The van der Waals surface area contributed by atoms with Gasteiger partial charge in [0.15, 0.2) is 0 Å². The van der Waals surface area contributed by atoms with E-state index < -0.39 is 0 Å². The molecule has 0 aromatic heterocycles. The van der Waals surface area contributed by atoms with Gasteiger partial charge < -0.3 is 4.67 Å². The molecule has 8 heavy (non-hydrogen) atoms. The van der Waals surface area contributed by atoms with Crippen LogP contribution in [0.2, 0.25) is 0 Å². The van der Waals surface area contributed by atoms with Gasteiger partial charge in [-0.15, -0.1) is 0 Å². The molecule has 0 aliphatic carbocycles. The molecule has 1 heterocycles. The highest BCUT2D eigenvalue weighted by Gasteiger charge is 1.80. The van der Waals surface area contributed by atoms with Crippen molar-refractivity contribution in [3.05, 3.63) is 36.7 Å². The maximum Gasteiger partial charge on any atom is 0.00672 e. The van der Waals surface area contributed by atoms with Crippen LogP contribution in [0.3, 0.4) is 0 Å². The molecule has 0 saturated heterocycles. The first kappa shape index (κ1) is 5.58. The summed E-state index contributed by atoms with van der Waals surface area (Å²) < 4.78 is 1.92. The monoisotopic (exact) mass is 125 g/mol. The standard InChI is InChI=1S/C6H8NP/c8-7-5-3-1-2-4-6-7/h1-6H,8H2. The Morgan fingerprint density at radius 1 is 0.875 bits per heavy atom. The fraction of sp³-hybridized carbons (Fsp3) is 0. The van der Waals surface area contributed by atoms with Gasteiger partial charge in [-0.2, -0.15) is 0 Å². The van der Waals surface area contributed by atoms with Gasteiger partial charge >= 0.3 is 0 Å².